The Hall–Kier alpha value is -2.95. The maximum absolute atomic E-state index is 13.6. The number of benzene rings is 2. The number of fused-ring (bicyclic) bond motifs is 6. The lowest BCUT2D eigenvalue weighted by molar-refractivity contribution is -0.162. The number of aryl methyl sites for hydroxylation is 1. The van der Waals surface area contributed by atoms with Crippen molar-refractivity contribution in [1.82, 2.24) is 0 Å². The normalized spacial score (nSPS) is 30.0. The Kier molecular flexibility index (Phi) is 3.18. The molecular formula is C22H18O5. The van der Waals surface area contributed by atoms with Crippen molar-refractivity contribution < 1.29 is 23.9 Å². The Labute approximate surface area is 156 Å². The second kappa shape index (κ2) is 5.28. The van der Waals surface area contributed by atoms with E-state index in [2.05, 4.69) is 0 Å². The van der Waals surface area contributed by atoms with Gasteiger partial charge in [0.25, 0.3) is 0 Å². The van der Waals surface area contributed by atoms with Crippen LogP contribution in [-0.4, -0.2) is 24.3 Å². The molecule has 3 atom stereocenters. The highest BCUT2D eigenvalue weighted by atomic mass is 16.6. The lowest BCUT2D eigenvalue weighted by Crippen LogP contribution is -2.42. The molecule has 0 radical (unpaired) electrons. The molecule has 0 N–H and O–H groups in total. The predicted octanol–water partition coefficient (Wildman–Crippen LogP) is 3.07. The number of ether oxygens (including phenoxy) is 2. The number of Topliss-reactive ketones (excluding diaryl/α,β-unsaturated/α-hetero) is 1. The first kappa shape index (κ1) is 16.2. The van der Waals surface area contributed by atoms with Gasteiger partial charge in [0.05, 0.1) is 12.0 Å². The number of hydrogen-bond acceptors (Lipinski definition) is 5. The maximum atomic E-state index is 13.6. The zero-order valence-electron chi connectivity index (χ0n) is 14.9. The summed E-state index contributed by atoms with van der Waals surface area (Å²) in [5.74, 6) is -1.59. The standard InChI is InChI=1S/C22H18O5/c1-2-26-19(24)22-17(15-9-5-6-10-16(15)27-20(22)25)21(22)12-11-13-7-3-4-8-14(13)18(21)23/h3-10,17H,2,11-12H2,1H3. The molecule has 0 bridgehead atoms. The fourth-order valence-electron chi connectivity index (χ4n) is 5.25. The summed E-state index contributed by atoms with van der Waals surface area (Å²) in [6.45, 7) is 1.84. The van der Waals surface area contributed by atoms with Gasteiger partial charge >= 0.3 is 11.9 Å². The third-order valence-corrected chi connectivity index (χ3v) is 6.35. The number of carbonyl (C=O) groups excluding carboxylic acids is 3. The summed E-state index contributed by atoms with van der Waals surface area (Å²) < 4.78 is 10.8. The van der Waals surface area contributed by atoms with Crippen LogP contribution in [0.2, 0.25) is 0 Å². The second-order valence-corrected chi connectivity index (χ2v) is 7.35. The van der Waals surface area contributed by atoms with E-state index in [-0.39, 0.29) is 12.4 Å². The molecule has 2 aromatic carbocycles. The van der Waals surface area contributed by atoms with E-state index in [1.807, 2.05) is 30.3 Å². The predicted molar refractivity (Wildman–Crippen MR) is 95.4 cm³/mol. The third-order valence-electron chi connectivity index (χ3n) is 6.35. The number of hydrogen-bond donors (Lipinski definition) is 0. The van der Waals surface area contributed by atoms with Crippen LogP contribution in [0.3, 0.4) is 0 Å². The van der Waals surface area contributed by atoms with Gasteiger partial charge in [-0.25, -0.2) is 0 Å². The van der Waals surface area contributed by atoms with E-state index in [0.717, 1.165) is 11.1 Å². The molecule has 3 aliphatic rings. The van der Waals surface area contributed by atoms with Crippen LogP contribution in [0.25, 0.3) is 0 Å². The molecule has 136 valence electrons. The molecule has 0 aromatic heterocycles. The van der Waals surface area contributed by atoms with Crippen LogP contribution in [0, 0.1) is 10.8 Å². The summed E-state index contributed by atoms with van der Waals surface area (Å²) >= 11 is 0. The van der Waals surface area contributed by atoms with Crippen LogP contribution in [0.15, 0.2) is 48.5 Å². The summed E-state index contributed by atoms with van der Waals surface area (Å²) in [5, 5.41) is 0. The summed E-state index contributed by atoms with van der Waals surface area (Å²) in [4.78, 5) is 39.8. The second-order valence-electron chi connectivity index (χ2n) is 7.35. The molecule has 1 spiro atoms. The van der Waals surface area contributed by atoms with Crippen molar-refractivity contribution in [3.63, 3.8) is 0 Å². The molecule has 1 fully saturated rings. The van der Waals surface area contributed by atoms with Crippen molar-refractivity contribution >= 4 is 17.7 Å². The van der Waals surface area contributed by atoms with Gasteiger partial charge in [0, 0.05) is 17.0 Å². The van der Waals surface area contributed by atoms with Crippen LogP contribution >= 0.6 is 0 Å². The van der Waals surface area contributed by atoms with Gasteiger partial charge in [-0.15, -0.1) is 0 Å². The van der Waals surface area contributed by atoms with E-state index in [1.165, 1.54) is 0 Å². The minimum Gasteiger partial charge on any atom is -0.465 e. The zero-order chi connectivity index (χ0) is 18.8. The van der Waals surface area contributed by atoms with Crippen molar-refractivity contribution in [2.24, 2.45) is 10.8 Å². The van der Waals surface area contributed by atoms with Gasteiger partial charge in [0.1, 0.15) is 5.75 Å². The first-order chi connectivity index (χ1) is 13.1. The van der Waals surface area contributed by atoms with Crippen molar-refractivity contribution in [2.75, 3.05) is 6.61 Å². The smallest absolute Gasteiger partial charge is 0.330 e. The molecule has 0 saturated heterocycles. The van der Waals surface area contributed by atoms with Gasteiger partial charge in [0.2, 0.25) is 0 Å². The molecule has 1 heterocycles. The molecule has 27 heavy (non-hydrogen) atoms. The van der Waals surface area contributed by atoms with Crippen LogP contribution in [-0.2, 0) is 20.7 Å². The van der Waals surface area contributed by atoms with Crippen LogP contribution < -0.4 is 4.74 Å². The van der Waals surface area contributed by atoms with Crippen molar-refractivity contribution in [3.8, 4) is 5.75 Å². The Balaban J connectivity index is 1.74. The number of ketones is 1. The molecule has 2 aliphatic carbocycles. The van der Waals surface area contributed by atoms with Gasteiger partial charge in [-0.1, -0.05) is 42.5 Å². The van der Waals surface area contributed by atoms with E-state index in [0.29, 0.717) is 24.2 Å². The molecule has 1 aliphatic heterocycles. The largest absolute Gasteiger partial charge is 0.465 e. The Bertz CT molecular complexity index is 1010. The number of carbonyl (C=O) groups is 3. The topological polar surface area (TPSA) is 69.7 Å². The number of para-hydroxylation sites is 1. The highest BCUT2D eigenvalue weighted by Gasteiger charge is 2.91. The zero-order valence-corrected chi connectivity index (χ0v) is 14.9. The maximum Gasteiger partial charge on any atom is 0.330 e. The highest BCUT2D eigenvalue weighted by Crippen LogP contribution is 2.81. The molecule has 3 unspecified atom stereocenters. The first-order valence-corrected chi connectivity index (χ1v) is 9.20. The van der Waals surface area contributed by atoms with Crippen LogP contribution in [0.5, 0.6) is 5.75 Å². The summed E-state index contributed by atoms with van der Waals surface area (Å²) in [7, 11) is 0. The van der Waals surface area contributed by atoms with E-state index >= 15 is 0 Å². The van der Waals surface area contributed by atoms with Crippen LogP contribution in [0.1, 0.15) is 40.7 Å². The molecule has 2 aromatic rings. The summed E-state index contributed by atoms with van der Waals surface area (Å²) in [6, 6.07) is 14.6. The number of esters is 2. The monoisotopic (exact) mass is 362 g/mol. The minimum atomic E-state index is -1.58. The molecule has 1 saturated carbocycles. The van der Waals surface area contributed by atoms with Crippen molar-refractivity contribution in [3.05, 3.63) is 65.2 Å². The minimum absolute atomic E-state index is 0.142. The Morgan fingerprint density at radius 3 is 2.70 bits per heavy atom. The fourth-order valence-corrected chi connectivity index (χ4v) is 5.25. The fraction of sp³-hybridized carbons (Fsp3) is 0.318. The first-order valence-electron chi connectivity index (χ1n) is 9.20. The van der Waals surface area contributed by atoms with E-state index in [4.69, 9.17) is 9.47 Å². The average Bonchev–Trinajstić information content (AvgIpc) is 3.31. The van der Waals surface area contributed by atoms with E-state index in [9.17, 15) is 14.4 Å². The van der Waals surface area contributed by atoms with E-state index < -0.39 is 28.7 Å². The Morgan fingerprint density at radius 2 is 1.89 bits per heavy atom. The summed E-state index contributed by atoms with van der Waals surface area (Å²) in [5.41, 5.74) is -0.429. The van der Waals surface area contributed by atoms with E-state index in [1.54, 1.807) is 25.1 Å². The lowest BCUT2D eigenvalue weighted by atomic mass is 9.75. The number of rotatable bonds is 2. The molecular weight excluding hydrogens is 344 g/mol. The summed E-state index contributed by atoms with van der Waals surface area (Å²) in [6.07, 6.45) is 1.06. The third kappa shape index (κ3) is 1.72. The van der Waals surface area contributed by atoms with Gasteiger partial charge in [0.15, 0.2) is 11.2 Å². The molecule has 5 nitrogen and oxygen atoms in total. The molecule has 5 rings (SSSR count). The SMILES string of the molecule is CCOC(=O)C12C(=O)Oc3ccccc3C1C21CCc2ccccc2C1=O. The van der Waals surface area contributed by atoms with Crippen molar-refractivity contribution in [2.45, 2.75) is 25.7 Å². The average molecular weight is 362 g/mol. The van der Waals surface area contributed by atoms with Crippen LogP contribution in [0.4, 0.5) is 0 Å². The Morgan fingerprint density at radius 1 is 1.15 bits per heavy atom. The molecule has 0 amide bonds. The van der Waals surface area contributed by atoms with Gasteiger partial charge in [-0.2, -0.15) is 0 Å². The molecule has 5 heteroatoms. The van der Waals surface area contributed by atoms with Gasteiger partial charge < -0.3 is 9.47 Å². The highest BCUT2D eigenvalue weighted by molar-refractivity contribution is 6.21. The van der Waals surface area contributed by atoms with Crippen molar-refractivity contribution in [1.29, 1.82) is 0 Å². The van der Waals surface area contributed by atoms with Gasteiger partial charge in [-0.3, -0.25) is 14.4 Å². The quantitative estimate of drug-likeness (QED) is 0.467. The lowest BCUT2D eigenvalue weighted by Gasteiger charge is -2.26. The van der Waals surface area contributed by atoms with Gasteiger partial charge in [-0.05, 0) is 31.4 Å².